The first-order chi connectivity index (χ1) is 11.8. The van der Waals surface area contributed by atoms with Gasteiger partial charge < -0.3 is 9.13 Å². The van der Waals surface area contributed by atoms with E-state index >= 15 is 0 Å². The van der Waals surface area contributed by atoms with Gasteiger partial charge in [0.15, 0.2) is 0 Å². The minimum Gasteiger partial charge on any atom is -0.310 e. The molecule has 4 aromatic rings. The second-order valence-corrected chi connectivity index (χ2v) is 5.61. The molecule has 1 aromatic carbocycles. The van der Waals surface area contributed by atoms with Gasteiger partial charge in [-0.15, -0.1) is 10.2 Å². The summed E-state index contributed by atoms with van der Waals surface area (Å²) in [5.41, 5.74) is 3.92. The van der Waals surface area contributed by atoms with Crippen molar-refractivity contribution in [2.45, 2.75) is 33.4 Å². The van der Waals surface area contributed by atoms with Gasteiger partial charge in [0.25, 0.3) is 0 Å². The molecule has 0 aliphatic rings. The molecule has 3 aromatic heterocycles. The topological polar surface area (TPSA) is 65.3 Å². The van der Waals surface area contributed by atoms with Crippen molar-refractivity contribution in [1.29, 1.82) is 0 Å². The van der Waals surface area contributed by atoms with Crippen molar-refractivity contribution in [3.05, 3.63) is 48.6 Å². The molecule has 7 heteroatoms. The van der Waals surface area contributed by atoms with Crippen molar-refractivity contribution < 1.29 is 0 Å². The highest BCUT2D eigenvalue weighted by Crippen LogP contribution is 2.16. The maximum Gasteiger partial charge on any atom is 0.212 e. The van der Waals surface area contributed by atoms with E-state index in [4.69, 9.17) is 4.99 Å². The van der Waals surface area contributed by atoms with Crippen molar-refractivity contribution >= 4 is 22.5 Å². The lowest BCUT2D eigenvalue weighted by Crippen LogP contribution is -2.25. The van der Waals surface area contributed by atoms with Gasteiger partial charge in [-0.25, -0.2) is 4.98 Å². The summed E-state index contributed by atoms with van der Waals surface area (Å²) < 4.78 is 6.29. The Kier molecular flexibility index (Phi) is 3.60. The zero-order valence-electron chi connectivity index (χ0n) is 13.8. The summed E-state index contributed by atoms with van der Waals surface area (Å²) in [6, 6.07) is 8.40. The molecule has 0 spiro atoms. The fourth-order valence-electron chi connectivity index (χ4n) is 3.08. The summed E-state index contributed by atoms with van der Waals surface area (Å²) in [4.78, 5) is 9.26. The van der Waals surface area contributed by atoms with Gasteiger partial charge in [-0.2, -0.15) is 4.99 Å². The van der Waals surface area contributed by atoms with Crippen molar-refractivity contribution in [2.24, 2.45) is 4.99 Å². The molecule has 0 atom stereocenters. The van der Waals surface area contributed by atoms with E-state index in [1.807, 2.05) is 10.6 Å². The fourth-order valence-corrected chi connectivity index (χ4v) is 3.08. The van der Waals surface area contributed by atoms with Crippen LogP contribution in [0.4, 0.5) is 5.82 Å². The highest BCUT2D eigenvalue weighted by molar-refractivity contribution is 5.76. The third-order valence-corrected chi connectivity index (χ3v) is 4.11. The number of rotatable bonds is 4. The molecule has 0 bridgehead atoms. The van der Waals surface area contributed by atoms with Crippen LogP contribution in [0.15, 0.2) is 48.0 Å². The van der Waals surface area contributed by atoms with Crippen LogP contribution in [0.2, 0.25) is 0 Å². The van der Waals surface area contributed by atoms with Gasteiger partial charge in [0, 0.05) is 25.5 Å². The third kappa shape index (κ3) is 2.20. The Bertz CT molecular complexity index is 1070. The fraction of sp³-hybridized carbons (Fsp3) is 0.294. The van der Waals surface area contributed by atoms with Crippen molar-refractivity contribution in [1.82, 2.24) is 28.7 Å². The van der Waals surface area contributed by atoms with Crippen LogP contribution in [0.1, 0.15) is 20.3 Å². The molecular formula is C17H19N7. The number of aryl methyl sites for hydroxylation is 2. The van der Waals surface area contributed by atoms with Crippen LogP contribution >= 0.6 is 0 Å². The smallest absolute Gasteiger partial charge is 0.212 e. The highest BCUT2D eigenvalue weighted by Gasteiger charge is 2.11. The predicted octanol–water partition coefficient (Wildman–Crippen LogP) is 2.54. The molecule has 0 N–H and O–H groups in total. The van der Waals surface area contributed by atoms with E-state index < -0.39 is 0 Å². The average molecular weight is 321 g/mol. The van der Waals surface area contributed by atoms with Crippen LogP contribution < -0.4 is 5.62 Å². The molecule has 3 heterocycles. The predicted molar refractivity (Wildman–Crippen MR) is 91.9 cm³/mol. The number of hydrogen-bond acceptors (Lipinski definition) is 4. The Balaban J connectivity index is 2.08. The number of benzene rings is 1. The third-order valence-electron chi connectivity index (χ3n) is 4.11. The van der Waals surface area contributed by atoms with E-state index in [-0.39, 0.29) is 0 Å². The first-order valence-corrected chi connectivity index (χ1v) is 8.20. The number of fused-ring (bicyclic) bond motifs is 2. The van der Waals surface area contributed by atoms with Crippen LogP contribution in [0.3, 0.4) is 0 Å². The van der Waals surface area contributed by atoms with E-state index in [0.29, 0.717) is 11.5 Å². The molecule has 0 unspecified atom stereocenters. The Morgan fingerprint density at radius 3 is 2.62 bits per heavy atom. The van der Waals surface area contributed by atoms with E-state index in [1.165, 1.54) is 11.0 Å². The Labute approximate surface area is 138 Å². The molecule has 0 amide bonds. The number of para-hydroxylation sites is 2. The molecule has 0 aliphatic carbocycles. The van der Waals surface area contributed by atoms with Crippen molar-refractivity contribution in [2.75, 3.05) is 0 Å². The van der Waals surface area contributed by atoms with E-state index in [1.54, 1.807) is 12.5 Å². The molecule has 0 fully saturated rings. The minimum atomic E-state index is 0.581. The molecule has 0 aliphatic heterocycles. The molecule has 4 rings (SSSR count). The Hall–Kier alpha value is -2.96. The monoisotopic (exact) mass is 321 g/mol. The van der Waals surface area contributed by atoms with Gasteiger partial charge in [0.2, 0.25) is 17.1 Å². The minimum absolute atomic E-state index is 0.581. The molecule has 122 valence electrons. The maximum absolute atomic E-state index is 4.86. The van der Waals surface area contributed by atoms with Gasteiger partial charge >= 0.3 is 0 Å². The molecule has 0 saturated carbocycles. The average Bonchev–Trinajstić information content (AvgIpc) is 3.19. The molecular weight excluding hydrogens is 302 g/mol. The number of hydrogen-bond donors (Lipinski definition) is 0. The standard InChI is InChI=1S/C17H19N7/c1-3-10-24-14-8-6-5-7-13(14)23(4-2)17(24)20-15-16-21-19-12-22(16)11-9-18-15/h5-9,11-12H,3-4,10H2,1-2H3. The summed E-state index contributed by atoms with van der Waals surface area (Å²) >= 11 is 0. The maximum atomic E-state index is 4.86. The number of aromatic nitrogens is 6. The number of imidazole rings is 1. The Morgan fingerprint density at radius 2 is 1.88 bits per heavy atom. The zero-order chi connectivity index (χ0) is 16.5. The Morgan fingerprint density at radius 1 is 1.08 bits per heavy atom. The molecule has 24 heavy (non-hydrogen) atoms. The summed E-state index contributed by atoms with van der Waals surface area (Å²) in [5, 5.41) is 8.09. The number of nitrogens with zero attached hydrogens (tertiary/aromatic N) is 7. The first kappa shape index (κ1) is 14.6. The van der Waals surface area contributed by atoms with Gasteiger partial charge in [-0.1, -0.05) is 19.1 Å². The van der Waals surface area contributed by atoms with Crippen LogP contribution in [0, 0.1) is 0 Å². The van der Waals surface area contributed by atoms with E-state index in [9.17, 15) is 0 Å². The van der Waals surface area contributed by atoms with Gasteiger partial charge in [-0.05, 0) is 25.5 Å². The summed E-state index contributed by atoms with van der Waals surface area (Å²) in [6.45, 7) is 6.05. The largest absolute Gasteiger partial charge is 0.310 e. The van der Waals surface area contributed by atoms with Crippen LogP contribution in [-0.2, 0) is 13.1 Å². The molecule has 0 saturated heterocycles. The highest BCUT2D eigenvalue weighted by atomic mass is 15.3. The van der Waals surface area contributed by atoms with Gasteiger partial charge in [0.05, 0.1) is 11.0 Å². The summed E-state index contributed by atoms with van der Waals surface area (Å²) in [5.74, 6) is 0.581. The van der Waals surface area contributed by atoms with Gasteiger partial charge in [0.1, 0.15) is 6.33 Å². The lowest BCUT2D eigenvalue weighted by molar-refractivity contribution is 0.615. The van der Waals surface area contributed by atoms with Crippen molar-refractivity contribution in [3.8, 4) is 0 Å². The second-order valence-electron chi connectivity index (χ2n) is 5.61. The molecule has 0 radical (unpaired) electrons. The quantitative estimate of drug-likeness (QED) is 0.580. The van der Waals surface area contributed by atoms with Gasteiger partial charge in [-0.3, -0.25) is 4.40 Å². The van der Waals surface area contributed by atoms with Crippen LogP contribution in [-0.4, -0.2) is 28.7 Å². The SMILES string of the molecule is CCCn1c(=Nc2nccn3cnnc23)n(CC)c2ccccc21. The van der Waals surface area contributed by atoms with Crippen LogP contribution in [0.5, 0.6) is 0 Å². The van der Waals surface area contributed by atoms with E-state index in [0.717, 1.165) is 25.1 Å². The van der Waals surface area contributed by atoms with Crippen molar-refractivity contribution in [3.63, 3.8) is 0 Å². The lowest BCUT2D eigenvalue weighted by Gasteiger charge is -2.03. The lowest BCUT2D eigenvalue weighted by atomic mass is 10.3. The summed E-state index contributed by atoms with van der Waals surface area (Å²) in [7, 11) is 0. The van der Waals surface area contributed by atoms with E-state index in [2.05, 4.69) is 62.4 Å². The second kappa shape index (κ2) is 5.92. The normalized spacial score (nSPS) is 12.5. The first-order valence-electron chi connectivity index (χ1n) is 8.20. The molecule has 7 nitrogen and oxygen atoms in total. The summed E-state index contributed by atoms with van der Waals surface area (Å²) in [6.07, 6.45) is 6.24. The van der Waals surface area contributed by atoms with Crippen LogP contribution in [0.25, 0.3) is 16.7 Å². The zero-order valence-corrected chi connectivity index (χ0v) is 13.8.